The first-order valence-corrected chi connectivity index (χ1v) is 15.8. The molecular weight excluding hydrogens is 510 g/mol. The molecule has 1 saturated heterocycles. The van der Waals surface area contributed by atoms with Crippen molar-refractivity contribution in [1.29, 1.82) is 0 Å². The van der Waals surface area contributed by atoms with E-state index < -0.39 is 10.0 Å². The fourth-order valence-corrected chi connectivity index (χ4v) is 7.42. The summed E-state index contributed by atoms with van der Waals surface area (Å²) in [4.78, 5) is 15.6. The zero-order valence-corrected chi connectivity index (χ0v) is 24.3. The number of carbonyl (C=O) groups is 1. The predicted molar refractivity (Wildman–Crippen MR) is 155 cm³/mol. The Morgan fingerprint density at radius 3 is 2.44 bits per heavy atom. The van der Waals surface area contributed by atoms with Gasteiger partial charge in [0.25, 0.3) is 0 Å². The second kappa shape index (κ2) is 11.4. The Morgan fingerprint density at radius 2 is 1.77 bits per heavy atom. The van der Waals surface area contributed by atoms with Gasteiger partial charge in [0.15, 0.2) is 0 Å². The summed E-state index contributed by atoms with van der Waals surface area (Å²) in [5, 5.41) is 1.01. The van der Waals surface area contributed by atoms with E-state index >= 15 is 0 Å². The summed E-state index contributed by atoms with van der Waals surface area (Å²) < 4.78 is 37.4. The number of hydrogen-bond acceptors (Lipinski definition) is 4. The number of carbonyl (C=O) groups excluding carboxylic acids is 1. The van der Waals surface area contributed by atoms with Crippen LogP contribution >= 0.6 is 0 Å². The molecule has 0 unspecified atom stereocenters. The Balaban J connectivity index is 1.26. The molecule has 39 heavy (non-hydrogen) atoms. The lowest BCUT2D eigenvalue weighted by atomic mass is 9.85. The van der Waals surface area contributed by atoms with Crippen molar-refractivity contribution in [2.75, 3.05) is 19.8 Å². The van der Waals surface area contributed by atoms with Crippen LogP contribution in [0.25, 0.3) is 22.2 Å². The van der Waals surface area contributed by atoms with Crippen molar-refractivity contribution in [1.82, 2.24) is 14.2 Å². The Morgan fingerprint density at radius 1 is 1.05 bits per heavy atom. The van der Waals surface area contributed by atoms with Gasteiger partial charge in [-0.25, -0.2) is 13.1 Å². The van der Waals surface area contributed by atoms with Crippen LogP contribution in [0.1, 0.15) is 52.0 Å². The number of morpholine rings is 1. The average molecular weight is 552 g/mol. The highest BCUT2D eigenvalue weighted by atomic mass is 32.2. The van der Waals surface area contributed by atoms with Crippen molar-refractivity contribution < 1.29 is 17.9 Å². The van der Waals surface area contributed by atoms with Crippen molar-refractivity contribution in [3.8, 4) is 11.3 Å². The standard InChI is InChI=1S/C31H41N3O4S/c1-5-22-6-8-23(9-7-22)28-18-25-12-15-27(19-29(25)33(28)4)39(36,37)32-26-13-10-24(11-14-26)31(35)34-16-17-38-20-30(34)21(2)3/h6-9,12,15,18-19,21,24,26,30,32H,5,10-11,13-14,16-17,20H2,1-4H3/t24?,26?,30-/m1/s1. The van der Waals surface area contributed by atoms with Crippen LogP contribution in [-0.4, -0.2) is 55.6 Å². The first kappa shape index (κ1) is 27.9. The Bertz CT molecular complexity index is 1420. The van der Waals surface area contributed by atoms with Gasteiger partial charge in [-0.1, -0.05) is 51.1 Å². The van der Waals surface area contributed by atoms with Gasteiger partial charge < -0.3 is 14.2 Å². The minimum Gasteiger partial charge on any atom is -0.377 e. The number of nitrogens with one attached hydrogen (secondary N) is 1. The Kier molecular flexibility index (Phi) is 8.17. The lowest BCUT2D eigenvalue weighted by Gasteiger charge is -2.41. The normalized spacial score (nSPS) is 22.5. The van der Waals surface area contributed by atoms with Crippen LogP contribution in [0.2, 0.25) is 0 Å². The predicted octanol–water partition coefficient (Wildman–Crippen LogP) is 5.13. The maximum absolute atomic E-state index is 13.4. The fraction of sp³-hybridized carbons (Fsp3) is 0.516. The molecule has 1 N–H and O–H groups in total. The van der Waals surface area contributed by atoms with Gasteiger partial charge in [-0.2, -0.15) is 0 Å². The Hall–Kier alpha value is -2.68. The van der Waals surface area contributed by atoms with E-state index in [0.29, 0.717) is 51.4 Å². The number of benzene rings is 2. The second-order valence-electron chi connectivity index (χ2n) is 11.4. The number of aromatic nitrogens is 1. The zero-order valence-electron chi connectivity index (χ0n) is 23.5. The van der Waals surface area contributed by atoms with Crippen molar-refractivity contribution in [3.05, 3.63) is 54.1 Å². The SMILES string of the molecule is CCc1ccc(-c2cc3ccc(S(=O)(=O)NC4CCC(C(=O)N5CCOC[C@@H]5C(C)C)CC4)cc3n2C)cc1. The quantitative estimate of drug-likeness (QED) is 0.442. The molecule has 2 fully saturated rings. The first-order chi connectivity index (χ1) is 18.7. The number of sulfonamides is 1. The highest BCUT2D eigenvalue weighted by molar-refractivity contribution is 7.89. The largest absolute Gasteiger partial charge is 0.377 e. The topological polar surface area (TPSA) is 80.6 Å². The van der Waals surface area contributed by atoms with Crippen molar-refractivity contribution in [2.45, 2.75) is 69.9 Å². The van der Waals surface area contributed by atoms with E-state index in [1.165, 1.54) is 5.56 Å². The summed E-state index contributed by atoms with van der Waals surface area (Å²) in [5.41, 5.74) is 4.33. The van der Waals surface area contributed by atoms with Crippen LogP contribution in [0, 0.1) is 11.8 Å². The van der Waals surface area contributed by atoms with Crippen LogP contribution in [0.3, 0.4) is 0 Å². The molecule has 1 atom stereocenters. The molecule has 0 radical (unpaired) electrons. The molecule has 2 aliphatic rings. The lowest BCUT2D eigenvalue weighted by molar-refractivity contribution is -0.147. The molecule has 7 nitrogen and oxygen atoms in total. The third-order valence-electron chi connectivity index (χ3n) is 8.60. The van der Waals surface area contributed by atoms with Crippen molar-refractivity contribution in [2.24, 2.45) is 18.9 Å². The number of ether oxygens (including phenoxy) is 1. The molecule has 2 aromatic carbocycles. The molecule has 1 aromatic heterocycles. The molecule has 5 rings (SSSR count). The molecule has 3 aromatic rings. The highest BCUT2D eigenvalue weighted by Gasteiger charge is 2.36. The van der Waals surface area contributed by atoms with Gasteiger partial charge in [0.2, 0.25) is 15.9 Å². The van der Waals surface area contributed by atoms with Crippen LogP contribution in [-0.2, 0) is 33.0 Å². The number of rotatable bonds is 7. The maximum atomic E-state index is 13.4. The second-order valence-corrected chi connectivity index (χ2v) is 13.2. The van der Waals surface area contributed by atoms with E-state index in [-0.39, 0.29) is 28.8 Å². The number of aryl methyl sites for hydroxylation is 2. The molecule has 1 amide bonds. The smallest absolute Gasteiger partial charge is 0.240 e. The maximum Gasteiger partial charge on any atom is 0.240 e. The number of amides is 1. The van der Waals surface area contributed by atoms with E-state index in [1.807, 2.05) is 18.0 Å². The summed E-state index contributed by atoms with van der Waals surface area (Å²) in [7, 11) is -1.71. The minimum atomic E-state index is -3.69. The third kappa shape index (κ3) is 5.79. The summed E-state index contributed by atoms with van der Waals surface area (Å²) in [6.45, 7) is 8.21. The van der Waals surface area contributed by atoms with Gasteiger partial charge in [0, 0.05) is 42.1 Å². The first-order valence-electron chi connectivity index (χ1n) is 14.3. The third-order valence-corrected chi connectivity index (χ3v) is 10.1. The molecule has 1 aliphatic carbocycles. The van der Waals surface area contributed by atoms with Crippen LogP contribution in [0.15, 0.2) is 53.4 Å². The molecule has 210 valence electrons. The molecule has 1 aliphatic heterocycles. The molecule has 1 saturated carbocycles. The van der Waals surface area contributed by atoms with Gasteiger partial charge in [0.1, 0.15) is 0 Å². The fourth-order valence-electron chi connectivity index (χ4n) is 6.09. The van der Waals surface area contributed by atoms with Gasteiger partial charge in [-0.15, -0.1) is 0 Å². The summed E-state index contributed by atoms with van der Waals surface area (Å²) in [6.07, 6.45) is 3.72. The van der Waals surface area contributed by atoms with E-state index in [4.69, 9.17) is 4.74 Å². The average Bonchev–Trinajstić information content (AvgIpc) is 3.28. The number of nitrogens with zero attached hydrogens (tertiary/aromatic N) is 2. The van der Waals surface area contributed by atoms with E-state index in [9.17, 15) is 13.2 Å². The minimum absolute atomic E-state index is 0.0466. The summed E-state index contributed by atoms with van der Waals surface area (Å²) in [5.74, 6) is 0.499. The molecule has 0 spiro atoms. The Labute approximate surface area is 232 Å². The van der Waals surface area contributed by atoms with Gasteiger partial charge in [0.05, 0.1) is 24.2 Å². The van der Waals surface area contributed by atoms with E-state index in [2.05, 4.69) is 60.4 Å². The van der Waals surface area contributed by atoms with E-state index in [1.54, 1.807) is 12.1 Å². The van der Waals surface area contributed by atoms with Crippen molar-refractivity contribution in [3.63, 3.8) is 0 Å². The molecular formula is C31H41N3O4S. The van der Waals surface area contributed by atoms with Gasteiger partial charge in [-0.05, 0) is 67.3 Å². The summed E-state index contributed by atoms with van der Waals surface area (Å²) >= 11 is 0. The lowest BCUT2D eigenvalue weighted by Crippen LogP contribution is -2.53. The molecule has 8 heteroatoms. The van der Waals surface area contributed by atoms with E-state index in [0.717, 1.165) is 28.6 Å². The van der Waals surface area contributed by atoms with Crippen molar-refractivity contribution >= 4 is 26.8 Å². The zero-order chi connectivity index (χ0) is 27.7. The molecule has 0 bridgehead atoms. The van der Waals surface area contributed by atoms with Crippen LogP contribution < -0.4 is 4.72 Å². The number of hydrogen-bond donors (Lipinski definition) is 1. The van der Waals surface area contributed by atoms with Gasteiger partial charge >= 0.3 is 0 Å². The molecule has 2 heterocycles. The number of fused-ring (bicyclic) bond motifs is 1. The van der Waals surface area contributed by atoms with Crippen LogP contribution in [0.5, 0.6) is 0 Å². The highest BCUT2D eigenvalue weighted by Crippen LogP contribution is 2.31. The summed E-state index contributed by atoms with van der Waals surface area (Å²) in [6, 6.07) is 15.9. The monoisotopic (exact) mass is 551 g/mol. The van der Waals surface area contributed by atoms with Crippen LogP contribution in [0.4, 0.5) is 0 Å². The van der Waals surface area contributed by atoms with Gasteiger partial charge in [-0.3, -0.25) is 4.79 Å².